The highest BCUT2D eigenvalue weighted by Gasteiger charge is 2.30. The van der Waals surface area contributed by atoms with Crippen LogP contribution in [-0.4, -0.2) is 34.4 Å². The zero-order chi connectivity index (χ0) is 18.7. The van der Waals surface area contributed by atoms with Crippen LogP contribution in [-0.2, 0) is 9.84 Å². The Kier molecular flexibility index (Phi) is 5.43. The average molecular weight is 383 g/mol. The number of methoxy groups -OCH3 is 1. The number of sulfone groups is 1. The van der Waals surface area contributed by atoms with Gasteiger partial charge in [0.05, 0.1) is 17.8 Å². The monoisotopic (exact) mass is 383 g/mol. The number of benzene rings is 2. The van der Waals surface area contributed by atoms with Gasteiger partial charge in [-0.2, -0.15) is 0 Å². The van der Waals surface area contributed by atoms with Crippen LogP contribution in [0.4, 0.5) is 8.78 Å². The van der Waals surface area contributed by atoms with Crippen LogP contribution in [0.5, 0.6) is 11.5 Å². The smallest absolute Gasteiger partial charge is 0.178 e. The Morgan fingerprint density at radius 1 is 1.19 bits per heavy atom. The number of halogens is 2. The predicted molar refractivity (Wildman–Crippen MR) is 92.3 cm³/mol. The molecule has 1 heterocycles. The number of hydrogen-bond donors (Lipinski definition) is 1. The zero-order valence-corrected chi connectivity index (χ0v) is 15.0. The first-order valence-corrected chi connectivity index (χ1v) is 9.78. The van der Waals surface area contributed by atoms with E-state index in [4.69, 9.17) is 9.47 Å². The third kappa shape index (κ3) is 3.96. The van der Waals surface area contributed by atoms with Crippen LogP contribution in [0.2, 0.25) is 0 Å². The Labute approximate surface area is 150 Å². The summed E-state index contributed by atoms with van der Waals surface area (Å²) in [5.74, 6) is -0.743. The molecule has 0 aliphatic carbocycles. The minimum Gasteiger partial charge on any atom is -0.497 e. The van der Waals surface area contributed by atoms with Crippen molar-refractivity contribution < 1.29 is 26.7 Å². The predicted octanol–water partition coefficient (Wildman–Crippen LogP) is 2.86. The lowest BCUT2D eigenvalue weighted by atomic mass is 10.0. The van der Waals surface area contributed by atoms with E-state index in [0.717, 1.165) is 18.2 Å². The summed E-state index contributed by atoms with van der Waals surface area (Å²) in [7, 11) is -1.79. The fourth-order valence-corrected chi connectivity index (χ4v) is 4.54. The number of nitrogens with one attached hydrogen (secondary N) is 1. The molecular formula is C18H19F2NO4S. The molecule has 0 fully saturated rings. The van der Waals surface area contributed by atoms with E-state index in [1.807, 2.05) is 0 Å². The summed E-state index contributed by atoms with van der Waals surface area (Å²) >= 11 is 0. The van der Waals surface area contributed by atoms with E-state index in [1.165, 1.54) is 7.11 Å². The van der Waals surface area contributed by atoms with Crippen LogP contribution >= 0.6 is 0 Å². The molecule has 140 valence electrons. The summed E-state index contributed by atoms with van der Waals surface area (Å²) in [6.07, 6.45) is 0.414. The quantitative estimate of drug-likeness (QED) is 0.777. The zero-order valence-electron chi connectivity index (χ0n) is 14.2. The maximum Gasteiger partial charge on any atom is 0.178 e. The molecule has 0 radical (unpaired) electrons. The molecule has 1 aliphatic rings. The molecule has 0 amide bonds. The van der Waals surface area contributed by atoms with Gasteiger partial charge in [0, 0.05) is 18.7 Å². The lowest BCUT2D eigenvalue weighted by Crippen LogP contribution is -2.32. The number of fused-ring (bicyclic) bond motifs is 1. The van der Waals surface area contributed by atoms with Crippen molar-refractivity contribution in [2.45, 2.75) is 17.4 Å². The van der Waals surface area contributed by atoms with Crippen molar-refractivity contribution in [1.29, 1.82) is 0 Å². The summed E-state index contributed by atoms with van der Waals surface area (Å²) in [5, 5.41) is 3.21. The molecule has 1 unspecified atom stereocenters. The van der Waals surface area contributed by atoms with E-state index in [9.17, 15) is 17.2 Å². The van der Waals surface area contributed by atoms with Crippen molar-refractivity contribution in [2.24, 2.45) is 0 Å². The van der Waals surface area contributed by atoms with Crippen molar-refractivity contribution in [2.75, 3.05) is 26.0 Å². The van der Waals surface area contributed by atoms with Crippen LogP contribution in [0.1, 0.15) is 18.0 Å². The van der Waals surface area contributed by atoms with E-state index < -0.39 is 21.5 Å². The second kappa shape index (κ2) is 7.59. The van der Waals surface area contributed by atoms with Gasteiger partial charge in [-0.3, -0.25) is 0 Å². The summed E-state index contributed by atoms with van der Waals surface area (Å²) < 4.78 is 61.6. The van der Waals surface area contributed by atoms with Crippen LogP contribution in [0.25, 0.3) is 0 Å². The minimum absolute atomic E-state index is 0.0450. The summed E-state index contributed by atoms with van der Waals surface area (Å²) in [4.78, 5) is 0.291. The Balaban J connectivity index is 1.66. The lowest BCUT2D eigenvalue weighted by Gasteiger charge is -2.27. The maximum atomic E-state index is 13.5. The van der Waals surface area contributed by atoms with Gasteiger partial charge in [-0.25, -0.2) is 17.2 Å². The van der Waals surface area contributed by atoms with Gasteiger partial charge >= 0.3 is 0 Å². The van der Waals surface area contributed by atoms with Gasteiger partial charge in [-0.05, 0) is 42.3 Å². The van der Waals surface area contributed by atoms with E-state index in [2.05, 4.69) is 5.32 Å². The normalized spacial score (nSPS) is 18.2. The Morgan fingerprint density at radius 2 is 2.00 bits per heavy atom. The van der Waals surface area contributed by atoms with Crippen LogP contribution in [0.3, 0.4) is 0 Å². The van der Waals surface area contributed by atoms with Crippen molar-refractivity contribution in [1.82, 2.24) is 5.32 Å². The third-order valence-corrected chi connectivity index (χ3v) is 6.06. The number of ether oxygens (including phenoxy) is 2. The van der Waals surface area contributed by atoms with Crippen molar-refractivity contribution in [3.05, 3.63) is 53.6 Å². The van der Waals surface area contributed by atoms with Gasteiger partial charge in [0.25, 0.3) is 0 Å². The molecule has 0 aromatic heterocycles. The highest BCUT2D eigenvalue weighted by Crippen LogP contribution is 2.34. The fraction of sp³-hybridized carbons (Fsp3) is 0.333. The molecule has 0 saturated heterocycles. The van der Waals surface area contributed by atoms with Crippen molar-refractivity contribution >= 4 is 9.84 Å². The second-order valence-electron chi connectivity index (χ2n) is 5.94. The highest BCUT2D eigenvalue weighted by atomic mass is 32.2. The SMILES string of the molecule is COc1ccc2c(c1)C(NCCOc1cc(F)ccc1F)CCS2(=O)=O. The molecule has 1 aliphatic heterocycles. The second-order valence-corrected chi connectivity index (χ2v) is 8.02. The van der Waals surface area contributed by atoms with Crippen LogP contribution < -0.4 is 14.8 Å². The van der Waals surface area contributed by atoms with Gasteiger partial charge in [-0.1, -0.05) is 0 Å². The number of rotatable bonds is 6. The topological polar surface area (TPSA) is 64.6 Å². The summed E-state index contributed by atoms with van der Waals surface area (Å²) in [5.41, 5.74) is 0.646. The molecule has 26 heavy (non-hydrogen) atoms. The minimum atomic E-state index is -3.30. The lowest BCUT2D eigenvalue weighted by molar-refractivity contribution is 0.288. The molecule has 2 aromatic carbocycles. The Hall–Kier alpha value is -2.19. The van der Waals surface area contributed by atoms with Gasteiger partial charge in [0.15, 0.2) is 21.4 Å². The summed E-state index contributed by atoms with van der Waals surface area (Å²) in [6, 6.07) is 7.70. The molecule has 1 atom stereocenters. The number of hydrogen-bond acceptors (Lipinski definition) is 5. The average Bonchev–Trinajstić information content (AvgIpc) is 2.62. The van der Waals surface area contributed by atoms with Crippen molar-refractivity contribution in [3.63, 3.8) is 0 Å². The molecule has 3 rings (SSSR count). The van der Waals surface area contributed by atoms with E-state index in [0.29, 0.717) is 29.2 Å². The van der Waals surface area contributed by atoms with E-state index in [-0.39, 0.29) is 24.2 Å². The third-order valence-electron chi connectivity index (χ3n) is 4.25. The van der Waals surface area contributed by atoms with Gasteiger partial charge in [0.2, 0.25) is 0 Å². The highest BCUT2D eigenvalue weighted by molar-refractivity contribution is 7.91. The Morgan fingerprint density at radius 3 is 2.77 bits per heavy atom. The van der Waals surface area contributed by atoms with Gasteiger partial charge < -0.3 is 14.8 Å². The van der Waals surface area contributed by atoms with E-state index in [1.54, 1.807) is 18.2 Å². The standard InChI is InChI=1S/C18H19F2NO4S/c1-24-13-3-5-18-14(11-13)16(6-9-26(18,22)23)21-7-8-25-17-10-12(19)2-4-15(17)20/h2-5,10-11,16,21H,6-9H2,1H3. The van der Waals surface area contributed by atoms with Crippen LogP contribution in [0.15, 0.2) is 41.3 Å². The molecule has 1 N–H and O–H groups in total. The molecule has 2 aromatic rings. The largest absolute Gasteiger partial charge is 0.497 e. The van der Waals surface area contributed by atoms with Gasteiger partial charge in [-0.15, -0.1) is 0 Å². The first kappa shape index (κ1) is 18.6. The summed E-state index contributed by atoms with van der Waals surface area (Å²) in [6.45, 7) is 0.459. The molecule has 0 saturated carbocycles. The maximum absolute atomic E-state index is 13.5. The van der Waals surface area contributed by atoms with Crippen LogP contribution in [0, 0.1) is 11.6 Å². The molecule has 0 bridgehead atoms. The fourth-order valence-electron chi connectivity index (χ4n) is 2.94. The van der Waals surface area contributed by atoms with E-state index >= 15 is 0 Å². The Bertz CT molecular complexity index is 902. The molecule has 8 heteroatoms. The molecular weight excluding hydrogens is 364 g/mol. The van der Waals surface area contributed by atoms with Crippen molar-refractivity contribution in [3.8, 4) is 11.5 Å². The first-order chi connectivity index (χ1) is 12.4. The first-order valence-electron chi connectivity index (χ1n) is 8.12. The van der Waals surface area contributed by atoms with Gasteiger partial charge in [0.1, 0.15) is 18.2 Å². The molecule has 0 spiro atoms. The molecule has 5 nitrogen and oxygen atoms in total.